The maximum absolute atomic E-state index is 7.17. The zero-order valence-electron chi connectivity index (χ0n) is 8.24. The minimum Gasteiger partial charge on any atom is -0.402 e. The second-order valence-corrected chi connectivity index (χ2v) is 2.27. The highest BCUT2D eigenvalue weighted by molar-refractivity contribution is 6.30. The molecule has 11 N–H and O–H groups in total. The first-order chi connectivity index (χ1) is 6.90. The van der Waals surface area contributed by atoms with Crippen molar-refractivity contribution in [2.75, 3.05) is 13.1 Å². The lowest BCUT2D eigenvalue weighted by molar-refractivity contribution is 0.278. The summed E-state index contributed by atoms with van der Waals surface area (Å²) >= 11 is 0. The average Bonchev–Trinajstić information content (AvgIpc) is 2.02. The van der Waals surface area contributed by atoms with E-state index in [0.717, 1.165) is 6.42 Å². The fraction of sp³-hybridized carbons (Fsp3) is 0.600. The third-order valence-corrected chi connectivity index (χ3v) is 0.880. The SMILES string of the molecule is NCCCN=C(N)N=C(N)N.OB(O)O. The molecule has 0 radical (unpaired) electrons. The second-order valence-electron chi connectivity index (χ2n) is 2.27. The van der Waals surface area contributed by atoms with Gasteiger partial charge in [-0.2, -0.15) is 4.99 Å². The van der Waals surface area contributed by atoms with E-state index in [1.807, 2.05) is 0 Å². The molecular weight excluding hydrogens is 203 g/mol. The molecule has 0 aliphatic heterocycles. The molecule has 0 saturated carbocycles. The van der Waals surface area contributed by atoms with Gasteiger partial charge in [0.25, 0.3) is 0 Å². The Balaban J connectivity index is 0. The molecule has 0 rings (SSSR count). The summed E-state index contributed by atoms with van der Waals surface area (Å²) in [7, 11) is -2.17. The van der Waals surface area contributed by atoms with Gasteiger partial charge in [-0.3, -0.25) is 4.99 Å². The van der Waals surface area contributed by atoms with Crippen molar-refractivity contribution in [2.45, 2.75) is 6.42 Å². The van der Waals surface area contributed by atoms with Gasteiger partial charge in [-0.1, -0.05) is 0 Å². The molecule has 0 aromatic heterocycles. The Kier molecular flexibility index (Phi) is 11.5. The molecule has 0 amide bonds. The summed E-state index contributed by atoms with van der Waals surface area (Å²) in [6, 6.07) is 0. The highest BCUT2D eigenvalue weighted by Crippen LogP contribution is 1.78. The minimum atomic E-state index is -2.17. The second kappa shape index (κ2) is 10.7. The Hall–Kier alpha value is -1.36. The molecule has 0 bridgehead atoms. The van der Waals surface area contributed by atoms with Gasteiger partial charge in [-0.15, -0.1) is 0 Å². The maximum atomic E-state index is 7.17. The number of nitrogens with zero attached hydrogens (tertiary/aromatic N) is 2. The molecule has 9 nitrogen and oxygen atoms in total. The van der Waals surface area contributed by atoms with Crippen LogP contribution >= 0.6 is 0 Å². The van der Waals surface area contributed by atoms with Crippen molar-refractivity contribution >= 4 is 19.2 Å². The predicted molar refractivity (Wildman–Crippen MR) is 58.4 cm³/mol. The van der Waals surface area contributed by atoms with Gasteiger partial charge in [0.15, 0.2) is 5.96 Å². The van der Waals surface area contributed by atoms with Crippen molar-refractivity contribution in [3.63, 3.8) is 0 Å². The van der Waals surface area contributed by atoms with Gasteiger partial charge in [-0.25, -0.2) is 0 Å². The first-order valence-corrected chi connectivity index (χ1v) is 4.04. The van der Waals surface area contributed by atoms with E-state index in [9.17, 15) is 0 Å². The summed E-state index contributed by atoms with van der Waals surface area (Å²) in [6.45, 7) is 1.14. The van der Waals surface area contributed by atoms with E-state index in [2.05, 4.69) is 9.98 Å². The highest BCUT2D eigenvalue weighted by atomic mass is 16.5. The fourth-order valence-electron chi connectivity index (χ4n) is 0.453. The number of nitrogens with two attached hydrogens (primary N) is 4. The lowest BCUT2D eigenvalue weighted by Crippen LogP contribution is -2.26. The summed E-state index contributed by atoms with van der Waals surface area (Å²) in [5.41, 5.74) is 20.6. The molecule has 0 aromatic carbocycles. The van der Waals surface area contributed by atoms with Gasteiger partial charge in [0.2, 0.25) is 5.96 Å². The van der Waals surface area contributed by atoms with E-state index >= 15 is 0 Å². The molecule has 0 fully saturated rings. The Bertz CT molecular complexity index is 202. The molecule has 0 atom stereocenters. The van der Waals surface area contributed by atoms with Crippen LogP contribution < -0.4 is 22.9 Å². The van der Waals surface area contributed by atoms with E-state index in [1.165, 1.54) is 0 Å². The van der Waals surface area contributed by atoms with Crippen LogP contribution in [-0.2, 0) is 0 Å². The standard InChI is InChI=1S/C5H14N6.BH3O3/c6-2-1-3-10-5(9)11-4(7)8;2-1(3)4/h1-3,6H2,(H6,7,8,9,10,11);2-4H. The number of guanidine groups is 2. The largest absolute Gasteiger partial charge is 0.631 e. The van der Waals surface area contributed by atoms with Crippen LogP contribution in [0.4, 0.5) is 0 Å². The highest BCUT2D eigenvalue weighted by Gasteiger charge is 1.92. The van der Waals surface area contributed by atoms with Gasteiger partial charge in [-0.05, 0) is 13.0 Å². The van der Waals surface area contributed by atoms with Crippen molar-refractivity contribution in [1.29, 1.82) is 0 Å². The molecule has 0 aliphatic carbocycles. The number of rotatable bonds is 3. The molecule has 0 unspecified atom stereocenters. The van der Waals surface area contributed by atoms with Gasteiger partial charge in [0.1, 0.15) is 0 Å². The Morgan fingerprint density at radius 2 is 1.60 bits per heavy atom. The van der Waals surface area contributed by atoms with E-state index in [1.54, 1.807) is 0 Å². The Morgan fingerprint density at radius 3 is 1.93 bits per heavy atom. The van der Waals surface area contributed by atoms with Crippen LogP contribution in [0.15, 0.2) is 9.98 Å². The zero-order chi connectivity index (χ0) is 12.3. The normalized spacial score (nSPS) is 10.0. The summed E-state index contributed by atoms with van der Waals surface area (Å²) < 4.78 is 0. The van der Waals surface area contributed by atoms with Crippen molar-refractivity contribution in [3.05, 3.63) is 0 Å². The van der Waals surface area contributed by atoms with E-state index < -0.39 is 7.32 Å². The smallest absolute Gasteiger partial charge is 0.402 e. The van der Waals surface area contributed by atoms with Crippen LogP contribution in [0.5, 0.6) is 0 Å². The number of aliphatic imine (C=N–C) groups is 2. The van der Waals surface area contributed by atoms with Gasteiger partial charge < -0.3 is 38.0 Å². The third kappa shape index (κ3) is 24.5. The fourth-order valence-corrected chi connectivity index (χ4v) is 0.453. The summed E-state index contributed by atoms with van der Waals surface area (Å²) in [5.74, 6) is 0.0115. The molecule has 15 heavy (non-hydrogen) atoms. The van der Waals surface area contributed by atoms with E-state index in [-0.39, 0.29) is 11.9 Å². The van der Waals surface area contributed by atoms with Crippen LogP contribution in [0.1, 0.15) is 6.42 Å². The lowest BCUT2D eigenvalue weighted by atomic mass is 10.3. The van der Waals surface area contributed by atoms with Gasteiger partial charge >= 0.3 is 7.32 Å². The minimum absolute atomic E-state index is 0.0843. The summed E-state index contributed by atoms with van der Waals surface area (Å²) in [6.07, 6.45) is 0.778. The van der Waals surface area contributed by atoms with Crippen LogP contribution in [0.2, 0.25) is 0 Å². The molecular formula is C5H17BN6O3. The van der Waals surface area contributed by atoms with Crippen molar-refractivity contribution in [1.82, 2.24) is 0 Å². The number of hydrogen-bond acceptors (Lipinski definition) is 5. The van der Waals surface area contributed by atoms with Crippen LogP contribution in [0.25, 0.3) is 0 Å². The van der Waals surface area contributed by atoms with E-state index in [4.69, 9.17) is 38.0 Å². The summed E-state index contributed by atoms with van der Waals surface area (Å²) in [4.78, 5) is 7.33. The average molecular weight is 220 g/mol. The third-order valence-electron chi connectivity index (χ3n) is 0.880. The van der Waals surface area contributed by atoms with Gasteiger partial charge in [0.05, 0.1) is 0 Å². The lowest BCUT2D eigenvalue weighted by Gasteiger charge is -1.93. The molecule has 0 aromatic rings. The first kappa shape index (κ1) is 16.1. The van der Waals surface area contributed by atoms with Crippen LogP contribution in [0.3, 0.4) is 0 Å². The van der Waals surface area contributed by atoms with Crippen molar-refractivity contribution in [3.8, 4) is 0 Å². The number of hydrogen-bond donors (Lipinski definition) is 7. The van der Waals surface area contributed by atoms with Crippen LogP contribution in [0, 0.1) is 0 Å². The first-order valence-electron chi connectivity index (χ1n) is 4.04. The quantitative estimate of drug-likeness (QED) is 0.109. The molecule has 88 valence electrons. The maximum Gasteiger partial charge on any atom is 0.631 e. The Morgan fingerprint density at radius 1 is 1.13 bits per heavy atom. The van der Waals surface area contributed by atoms with Crippen molar-refractivity contribution < 1.29 is 15.1 Å². The van der Waals surface area contributed by atoms with Gasteiger partial charge in [0, 0.05) is 6.54 Å². The summed E-state index contributed by atoms with van der Waals surface area (Å²) in [5, 5.41) is 21.5. The molecule has 0 aliphatic rings. The predicted octanol–water partition coefficient (Wildman–Crippen LogP) is -4.13. The van der Waals surface area contributed by atoms with E-state index in [0.29, 0.717) is 13.1 Å². The van der Waals surface area contributed by atoms with Crippen LogP contribution in [-0.4, -0.2) is 47.4 Å². The topological polar surface area (TPSA) is 189 Å². The molecule has 0 heterocycles. The zero-order valence-corrected chi connectivity index (χ0v) is 8.24. The molecule has 0 spiro atoms. The molecule has 0 saturated heterocycles. The Labute approximate surface area is 87.7 Å². The van der Waals surface area contributed by atoms with Crippen molar-refractivity contribution in [2.24, 2.45) is 32.9 Å². The molecule has 10 heteroatoms. The monoisotopic (exact) mass is 220 g/mol.